The topological polar surface area (TPSA) is 64.3 Å². The number of ether oxygens (including phenoxy) is 1. The number of carbonyl (C=O) groups is 1. The number of hydrogen-bond acceptors (Lipinski definition) is 3. The number of halogens is 2. The molecule has 0 aromatic heterocycles. The fourth-order valence-corrected chi connectivity index (χ4v) is 1.87. The van der Waals surface area contributed by atoms with E-state index in [1.165, 1.54) is 24.3 Å². The van der Waals surface area contributed by atoms with Crippen molar-refractivity contribution >= 4 is 23.2 Å². The van der Waals surface area contributed by atoms with Gasteiger partial charge in [-0.2, -0.15) is 0 Å². The van der Waals surface area contributed by atoms with Gasteiger partial charge >= 0.3 is 0 Å². The fraction of sp³-hybridized carbons (Fsp3) is 0.133. The van der Waals surface area contributed by atoms with Gasteiger partial charge in [-0.05, 0) is 36.4 Å². The molecule has 0 spiro atoms. The van der Waals surface area contributed by atoms with E-state index in [2.05, 4.69) is 5.32 Å². The van der Waals surface area contributed by atoms with Gasteiger partial charge in [0, 0.05) is 22.8 Å². The van der Waals surface area contributed by atoms with Crippen molar-refractivity contribution in [1.82, 2.24) is 0 Å². The zero-order chi connectivity index (χ0) is 15.2. The SMILES string of the molecule is NCc1ccc(Cl)cc1OCC(=O)Nc1ccc(F)cc1. The van der Waals surface area contributed by atoms with Gasteiger partial charge in [-0.3, -0.25) is 4.79 Å². The Balaban J connectivity index is 1.95. The smallest absolute Gasteiger partial charge is 0.262 e. The molecule has 0 saturated carbocycles. The van der Waals surface area contributed by atoms with Gasteiger partial charge in [0.2, 0.25) is 0 Å². The van der Waals surface area contributed by atoms with Crippen molar-refractivity contribution in [2.24, 2.45) is 5.73 Å². The first-order valence-electron chi connectivity index (χ1n) is 6.25. The number of nitrogens with two attached hydrogens (primary N) is 1. The molecule has 0 bridgehead atoms. The largest absolute Gasteiger partial charge is 0.483 e. The number of carbonyl (C=O) groups excluding carboxylic acids is 1. The van der Waals surface area contributed by atoms with Crippen LogP contribution in [0.4, 0.5) is 10.1 Å². The van der Waals surface area contributed by atoms with Gasteiger partial charge in [0.05, 0.1) is 0 Å². The Kier molecular flexibility index (Phi) is 5.14. The van der Waals surface area contributed by atoms with Crippen molar-refractivity contribution in [3.05, 3.63) is 58.9 Å². The molecule has 6 heteroatoms. The summed E-state index contributed by atoms with van der Waals surface area (Å²) < 4.78 is 18.2. The highest BCUT2D eigenvalue weighted by atomic mass is 35.5. The van der Waals surface area contributed by atoms with Crippen molar-refractivity contribution in [2.75, 3.05) is 11.9 Å². The van der Waals surface area contributed by atoms with Gasteiger partial charge in [-0.15, -0.1) is 0 Å². The summed E-state index contributed by atoms with van der Waals surface area (Å²) in [5.74, 6) is -0.250. The second-order valence-electron chi connectivity index (χ2n) is 4.30. The molecule has 2 rings (SSSR count). The Morgan fingerprint density at radius 3 is 2.62 bits per heavy atom. The predicted molar refractivity (Wildman–Crippen MR) is 79.9 cm³/mol. The third-order valence-electron chi connectivity index (χ3n) is 2.74. The normalized spacial score (nSPS) is 10.2. The van der Waals surface area contributed by atoms with Gasteiger partial charge in [0.15, 0.2) is 6.61 Å². The third-order valence-corrected chi connectivity index (χ3v) is 2.97. The molecule has 0 aliphatic heterocycles. The molecule has 3 N–H and O–H groups in total. The molecular formula is C15H14ClFN2O2. The van der Waals surface area contributed by atoms with Crippen molar-refractivity contribution in [1.29, 1.82) is 0 Å². The van der Waals surface area contributed by atoms with Crippen LogP contribution < -0.4 is 15.8 Å². The van der Waals surface area contributed by atoms with Gasteiger partial charge in [0.25, 0.3) is 5.91 Å². The van der Waals surface area contributed by atoms with E-state index < -0.39 is 0 Å². The monoisotopic (exact) mass is 308 g/mol. The summed E-state index contributed by atoms with van der Waals surface area (Å²) in [6, 6.07) is 10.5. The van der Waals surface area contributed by atoms with E-state index in [0.717, 1.165) is 5.56 Å². The number of hydrogen-bond donors (Lipinski definition) is 2. The van der Waals surface area contributed by atoms with Crippen LogP contribution in [0.3, 0.4) is 0 Å². The Hall–Kier alpha value is -2.11. The minimum atomic E-state index is -0.365. The molecule has 0 aliphatic rings. The predicted octanol–water partition coefficient (Wildman–Crippen LogP) is 2.96. The second-order valence-corrected chi connectivity index (χ2v) is 4.74. The molecule has 21 heavy (non-hydrogen) atoms. The molecule has 0 saturated heterocycles. The maximum Gasteiger partial charge on any atom is 0.262 e. The molecule has 0 aliphatic carbocycles. The molecule has 0 heterocycles. The molecule has 0 radical (unpaired) electrons. The van der Waals surface area contributed by atoms with Crippen molar-refractivity contribution < 1.29 is 13.9 Å². The minimum Gasteiger partial charge on any atom is -0.483 e. The van der Waals surface area contributed by atoms with Crippen molar-refractivity contribution in [3.8, 4) is 5.75 Å². The summed E-state index contributed by atoms with van der Waals surface area (Å²) >= 11 is 5.88. The molecule has 110 valence electrons. The Labute approximate surface area is 126 Å². The number of anilines is 1. The van der Waals surface area contributed by atoms with E-state index in [1.54, 1.807) is 18.2 Å². The first kappa shape index (κ1) is 15.3. The van der Waals surface area contributed by atoms with Gasteiger partial charge in [0.1, 0.15) is 11.6 Å². The highest BCUT2D eigenvalue weighted by molar-refractivity contribution is 6.30. The maximum atomic E-state index is 12.8. The maximum absolute atomic E-state index is 12.8. The molecule has 1 amide bonds. The fourth-order valence-electron chi connectivity index (χ4n) is 1.70. The lowest BCUT2D eigenvalue weighted by molar-refractivity contribution is -0.118. The Bertz CT molecular complexity index is 632. The summed E-state index contributed by atoms with van der Waals surface area (Å²) in [5, 5.41) is 3.10. The molecule has 2 aromatic rings. The van der Waals surface area contributed by atoms with E-state index >= 15 is 0 Å². The van der Waals surface area contributed by atoms with E-state index in [9.17, 15) is 9.18 Å². The number of rotatable bonds is 5. The first-order valence-corrected chi connectivity index (χ1v) is 6.63. The summed E-state index contributed by atoms with van der Waals surface area (Å²) in [4.78, 5) is 11.8. The van der Waals surface area contributed by atoms with E-state index in [1.807, 2.05) is 0 Å². The summed E-state index contributed by atoms with van der Waals surface area (Å²) in [6.07, 6.45) is 0. The first-order chi connectivity index (χ1) is 10.1. The summed E-state index contributed by atoms with van der Waals surface area (Å²) in [6.45, 7) is 0.0940. The van der Waals surface area contributed by atoms with Gasteiger partial charge in [-0.1, -0.05) is 17.7 Å². The van der Waals surface area contributed by atoms with E-state index in [-0.39, 0.29) is 24.9 Å². The van der Waals surface area contributed by atoms with Gasteiger partial charge in [-0.25, -0.2) is 4.39 Å². The number of benzene rings is 2. The molecule has 2 aromatic carbocycles. The van der Waals surface area contributed by atoms with Crippen LogP contribution in [0.25, 0.3) is 0 Å². The van der Waals surface area contributed by atoms with Crippen LogP contribution in [-0.4, -0.2) is 12.5 Å². The van der Waals surface area contributed by atoms with Crippen molar-refractivity contribution in [2.45, 2.75) is 6.54 Å². The summed E-state index contributed by atoms with van der Waals surface area (Å²) in [7, 11) is 0. The lowest BCUT2D eigenvalue weighted by atomic mass is 10.2. The van der Waals surface area contributed by atoms with Crippen LogP contribution in [0.1, 0.15) is 5.56 Å². The van der Waals surface area contributed by atoms with Crippen molar-refractivity contribution in [3.63, 3.8) is 0 Å². The Morgan fingerprint density at radius 1 is 1.24 bits per heavy atom. The third kappa shape index (κ3) is 4.44. The van der Waals surface area contributed by atoms with E-state index in [4.69, 9.17) is 22.1 Å². The average Bonchev–Trinajstić information content (AvgIpc) is 2.48. The molecule has 0 fully saturated rings. The quantitative estimate of drug-likeness (QED) is 0.892. The molecule has 0 atom stereocenters. The highest BCUT2D eigenvalue weighted by Crippen LogP contribution is 2.23. The number of nitrogens with one attached hydrogen (secondary N) is 1. The van der Waals surface area contributed by atoms with Crippen LogP contribution in [-0.2, 0) is 11.3 Å². The van der Waals surface area contributed by atoms with Crippen LogP contribution in [0.15, 0.2) is 42.5 Å². The number of amides is 1. The Morgan fingerprint density at radius 2 is 1.95 bits per heavy atom. The lowest BCUT2D eigenvalue weighted by Gasteiger charge is -2.11. The minimum absolute atomic E-state index is 0.190. The van der Waals surface area contributed by atoms with Gasteiger partial charge < -0.3 is 15.8 Å². The van der Waals surface area contributed by atoms with Crippen LogP contribution in [0.5, 0.6) is 5.75 Å². The lowest BCUT2D eigenvalue weighted by Crippen LogP contribution is -2.20. The van der Waals surface area contributed by atoms with Crippen LogP contribution in [0.2, 0.25) is 5.02 Å². The molecule has 4 nitrogen and oxygen atoms in total. The van der Waals surface area contributed by atoms with Crippen LogP contribution >= 0.6 is 11.6 Å². The van der Waals surface area contributed by atoms with Crippen LogP contribution in [0, 0.1) is 5.82 Å². The average molecular weight is 309 g/mol. The zero-order valence-electron chi connectivity index (χ0n) is 11.1. The molecule has 0 unspecified atom stereocenters. The standard InChI is InChI=1S/C15H14ClFN2O2/c16-11-2-1-10(8-18)14(7-11)21-9-15(20)19-13-5-3-12(17)4-6-13/h1-7H,8-9,18H2,(H,19,20). The second kappa shape index (κ2) is 7.06. The van der Waals surface area contributed by atoms with E-state index in [0.29, 0.717) is 16.5 Å². The molecular weight excluding hydrogens is 295 g/mol. The summed E-state index contributed by atoms with van der Waals surface area (Å²) in [5.41, 5.74) is 6.84. The highest BCUT2D eigenvalue weighted by Gasteiger charge is 2.07. The zero-order valence-corrected chi connectivity index (χ0v) is 11.9.